The van der Waals surface area contributed by atoms with Gasteiger partial charge in [-0.15, -0.1) is 0 Å². The number of hydrogen-bond donors (Lipinski definition) is 1. The Morgan fingerprint density at radius 2 is 2.08 bits per heavy atom. The zero-order valence-electron chi connectivity index (χ0n) is 12.5. The van der Waals surface area contributed by atoms with Crippen molar-refractivity contribution in [3.05, 3.63) is 65.5 Å². The van der Waals surface area contributed by atoms with Crippen LogP contribution < -0.4 is 0 Å². The Kier molecular flexibility index (Phi) is 3.87. The number of thioether (sulfide) groups is 1. The summed E-state index contributed by atoms with van der Waals surface area (Å²) in [6, 6.07) is 7.76. The molecule has 118 valence electrons. The van der Waals surface area contributed by atoms with Crippen molar-refractivity contribution in [1.29, 1.82) is 0 Å². The van der Waals surface area contributed by atoms with E-state index in [1.807, 2.05) is 48.6 Å². The minimum atomic E-state index is -0.138. The van der Waals surface area contributed by atoms with Gasteiger partial charge in [0.05, 0.1) is 28.2 Å². The van der Waals surface area contributed by atoms with Crippen LogP contribution in [0, 0.1) is 0 Å². The fourth-order valence-electron chi connectivity index (χ4n) is 2.44. The van der Waals surface area contributed by atoms with E-state index in [1.165, 1.54) is 11.8 Å². The number of allylic oxidation sites excluding steroid dienone is 4. The molecule has 2 heterocycles. The van der Waals surface area contributed by atoms with Gasteiger partial charge in [-0.3, -0.25) is 14.7 Å². The molecule has 2 aromatic rings. The van der Waals surface area contributed by atoms with Crippen molar-refractivity contribution in [2.75, 3.05) is 0 Å². The average Bonchev–Trinajstić information content (AvgIpc) is 3.28. The van der Waals surface area contributed by atoms with E-state index in [-0.39, 0.29) is 5.91 Å². The number of hydrogen-bond acceptors (Lipinski definition) is 5. The molecule has 7 heteroatoms. The summed E-state index contributed by atoms with van der Waals surface area (Å²) in [5.41, 5.74) is 2.64. The molecule has 1 saturated heterocycles. The molecule has 0 bridgehead atoms. The lowest BCUT2D eigenvalue weighted by molar-refractivity contribution is -0.122. The molecular formula is C17H12N4OS2. The predicted octanol–water partition coefficient (Wildman–Crippen LogP) is 3.33. The van der Waals surface area contributed by atoms with Crippen LogP contribution in [0.3, 0.4) is 0 Å². The number of aromatic nitrogens is 2. The second-order valence-corrected chi connectivity index (χ2v) is 6.90. The number of para-hydroxylation sites is 2. The molecule has 1 aliphatic carbocycles. The molecule has 1 amide bonds. The predicted molar refractivity (Wildman–Crippen MR) is 101 cm³/mol. The first-order chi connectivity index (χ1) is 11.7. The zero-order chi connectivity index (χ0) is 16.5. The number of H-pyrrole nitrogens is 1. The molecule has 4 rings (SSSR count). The van der Waals surface area contributed by atoms with E-state index >= 15 is 0 Å². The number of thiocarbonyl (C=S) groups is 1. The SMILES string of the molecule is O=C1/C(=C/N=C2C=CC=C2)SC(=S)N1Cc1nc2ccccc2[nH]1. The Morgan fingerprint density at radius 1 is 1.29 bits per heavy atom. The largest absolute Gasteiger partial charge is 0.340 e. The van der Waals surface area contributed by atoms with Crippen molar-refractivity contribution in [2.24, 2.45) is 4.99 Å². The summed E-state index contributed by atoms with van der Waals surface area (Å²) >= 11 is 6.60. The molecular weight excluding hydrogens is 340 g/mol. The summed E-state index contributed by atoms with van der Waals surface area (Å²) in [6.45, 7) is 0.326. The molecule has 1 aromatic carbocycles. The van der Waals surface area contributed by atoms with Crippen molar-refractivity contribution in [1.82, 2.24) is 14.9 Å². The van der Waals surface area contributed by atoms with Gasteiger partial charge in [-0.25, -0.2) is 4.98 Å². The lowest BCUT2D eigenvalue weighted by Gasteiger charge is -2.11. The van der Waals surface area contributed by atoms with Crippen molar-refractivity contribution in [3.8, 4) is 0 Å². The van der Waals surface area contributed by atoms with Crippen molar-refractivity contribution >= 4 is 51.0 Å². The smallest absolute Gasteiger partial charge is 0.268 e. The van der Waals surface area contributed by atoms with Crippen LogP contribution in [0.25, 0.3) is 11.0 Å². The van der Waals surface area contributed by atoms with Crippen molar-refractivity contribution in [2.45, 2.75) is 6.54 Å². The third-order valence-corrected chi connectivity index (χ3v) is 4.96. The van der Waals surface area contributed by atoms with E-state index < -0.39 is 0 Å². The van der Waals surface area contributed by atoms with Crippen LogP contribution >= 0.6 is 24.0 Å². The van der Waals surface area contributed by atoms with Gasteiger partial charge in [0.1, 0.15) is 10.1 Å². The Bertz CT molecular complexity index is 921. The molecule has 1 fully saturated rings. The van der Waals surface area contributed by atoms with Crippen LogP contribution in [0.15, 0.2) is 64.7 Å². The standard InChI is InChI=1S/C17H12N4OS2/c22-16-14(9-18-11-5-1-2-6-11)24-17(23)21(16)10-15-19-12-7-3-4-8-13(12)20-15/h1-9H,10H2,(H,19,20)/b14-9-. The molecule has 0 spiro atoms. The maximum atomic E-state index is 12.5. The summed E-state index contributed by atoms with van der Waals surface area (Å²) in [6.07, 6.45) is 9.14. The number of nitrogens with one attached hydrogen (secondary N) is 1. The Morgan fingerprint density at radius 3 is 2.88 bits per heavy atom. The number of rotatable bonds is 3. The van der Waals surface area contributed by atoms with Gasteiger partial charge in [0.15, 0.2) is 0 Å². The van der Waals surface area contributed by atoms with Crippen molar-refractivity contribution < 1.29 is 4.79 Å². The van der Waals surface area contributed by atoms with Gasteiger partial charge in [0.2, 0.25) is 0 Å². The lowest BCUT2D eigenvalue weighted by atomic mass is 10.3. The highest BCUT2D eigenvalue weighted by atomic mass is 32.2. The minimum Gasteiger partial charge on any atom is -0.340 e. The molecule has 0 saturated carbocycles. The number of imidazole rings is 1. The Balaban J connectivity index is 1.55. The van der Waals surface area contributed by atoms with Gasteiger partial charge < -0.3 is 4.98 Å². The second kappa shape index (κ2) is 6.18. The topological polar surface area (TPSA) is 61.4 Å². The molecule has 2 aliphatic rings. The van der Waals surface area contributed by atoms with E-state index in [0.717, 1.165) is 16.7 Å². The summed E-state index contributed by atoms with van der Waals surface area (Å²) in [7, 11) is 0. The molecule has 24 heavy (non-hydrogen) atoms. The van der Waals surface area contributed by atoms with Crippen molar-refractivity contribution in [3.63, 3.8) is 0 Å². The fourth-order valence-corrected chi connectivity index (χ4v) is 3.61. The maximum absolute atomic E-state index is 12.5. The minimum absolute atomic E-state index is 0.138. The number of amides is 1. The monoisotopic (exact) mass is 352 g/mol. The first-order valence-corrected chi connectivity index (χ1v) is 8.53. The van der Waals surface area contributed by atoms with E-state index in [0.29, 0.717) is 21.6 Å². The summed E-state index contributed by atoms with van der Waals surface area (Å²) in [5, 5.41) is 0. The van der Waals surface area contributed by atoms with Crippen LogP contribution in [0.4, 0.5) is 0 Å². The Labute approximate surface area is 147 Å². The maximum Gasteiger partial charge on any atom is 0.268 e. The third-order valence-electron chi connectivity index (χ3n) is 3.60. The van der Waals surface area contributed by atoms with Gasteiger partial charge in [0.25, 0.3) is 5.91 Å². The average molecular weight is 352 g/mol. The molecule has 0 unspecified atom stereocenters. The molecule has 1 aliphatic heterocycles. The quantitative estimate of drug-likeness (QED) is 0.680. The second-order valence-electron chi connectivity index (χ2n) is 5.23. The van der Waals surface area contributed by atoms with Crippen LogP contribution in [-0.4, -0.2) is 30.8 Å². The van der Waals surface area contributed by atoms with Gasteiger partial charge in [0, 0.05) is 6.20 Å². The molecule has 1 N–H and O–H groups in total. The van der Waals surface area contributed by atoms with Gasteiger partial charge in [-0.2, -0.15) is 0 Å². The van der Waals surface area contributed by atoms with Crippen LogP contribution in [0.5, 0.6) is 0 Å². The van der Waals surface area contributed by atoms with Gasteiger partial charge >= 0.3 is 0 Å². The molecule has 0 atom stereocenters. The van der Waals surface area contributed by atoms with E-state index in [2.05, 4.69) is 15.0 Å². The fraction of sp³-hybridized carbons (Fsp3) is 0.0588. The third kappa shape index (κ3) is 2.83. The van der Waals surface area contributed by atoms with Gasteiger partial charge in [-0.05, 0) is 24.3 Å². The Hall–Kier alpha value is -2.51. The number of aromatic amines is 1. The number of carbonyl (C=O) groups excluding carboxylic acids is 1. The highest BCUT2D eigenvalue weighted by Gasteiger charge is 2.32. The van der Waals surface area contributed by atoms with Crippen LogP contribution in [-0.2, 0) is 11.3 Å². The molecule has 1 aromatic heterocycles. The lowest BCUT2D eigenvalue weighted by Crippen LogP contribution is -2.27. The summed E-state index contributed by atoms with van der Waals surface area (Å²) in [5.74, 6) is 0.572. The highest BCUT2D eigenvalue weighted by Crippen LogP contribution is 2.32. The normalized spacial score (nSPS) is 18.6. The number of nitrogens with zero attached hydrogens (tertiary/aromatic N) is 3. The zero-order valence-corrected chi connectivity index (χ0v) is 14.1. The first-order valence-electron chi connectivity index (χ1n) is 7.31. The molecule has 0 radical (unpaired) electrons. The van der Waals surface area contributed by atoms with E-state index in [1.54, 1.807) is 11.1 Å². The molecule has 5 nitrogen and oxygen atoms in total. The van der Waals surface area contributed by atoms with E-state index in [9.17, 15) is 4.79 Å². The summed E-state index contributed by atoms with van der Waals surface area (Å²) < 4.78 is 0.518. The van der Waals surface area contributed by atoms with Crippen LogP contribution in [0.2, 0.25) is 0 Å². The van der Waals surface area contributed by atoms with Crippen LogP contribution in [0.1, 0.15) is 5.82 Å². The first kappa shape index (κ1) is 15.0. The number of fused-ring (bicyclic) bond motifs is 1. The van der Waals surface area contributed by atoms with Gasteiger partial charge in [-0.1, -0.05) is 48.3 Å². The highest BCUT2D eigenvalue weighted by molar-refractivity contribution is 8.26. The number of aliphatic imine (C=N–C) groups is 1. The number of carbonyl (C=O) groups is 1. The van der Waals surface area contributed by atoms with E-state index in [4.69, 9.17) is 12.2 Å². The summed E-state index contributed by atoms with van der Waals surface area (Å²) in [4.78, 5) is 26.6. The number of benzene rings is 1.